The molecule has 3 rings (SSSR count). The minimum Gasteiger partial charge on any atom is -0.347 e. The van der Waals surface area contributed by atoms with Crippen molar-refractivity contribution < 1.29 is 8.78 Å². The number of hydrogen-bond donors (Lipinski definition) is 1. The van der Waals surface area contributed by atoms with Gasteiger partial charge >= 0.3 is 0 Å². The highest BCUT2D eigenvalue weighted by Crippen LogP contribution is 2.53. The summed E-state index contributed by atoms with van der Waals surface area (Å²) in [5.74, 6) is -2.56. The van der Waals surface area contributed by atoms with E-state index in [2.05, 4.69) is 0 Å². The number of para-hydroxylation sites is 1. The highest BCUT2D eigenvalue weighted by molar-refractivity contribution is 5.81. The third-order valence-corrected chi connectivity index (χ3v) is 4.08. The topological polar surface area (TPSA) is 30.9 Å². The van der Waals surface area contributed by atoms with Crippen LogP contribution in [0.2, 0.25) is 0 Å². The number of hydrogen-bond acceptors (Lipinski definition) is 1. The summed E-state index contributed by atoms with van der Waals surface area (Å²) in [7, 11) is 1.92. The first kappa shape index (κ1) is 11.7. The van der Waals surface area contributed by atoms with Gasteiger partial charge < -0.3 is 10.3 Å². The van der Waals surface area contributed by atoms with Crippen LogP contribution < -0.4 is 5.73 Å². The maximum atomic E-state index is 13.2. The van der Waals surface area contributed by atoms with E-state index in [0.29, 0.717) is 0 Å². The summed E-state index contributed by atoms with van der Waals surface area (Å²) in [4.78, 5) is 0. The minimum atomic E-state index is -2.56. The molecule has 1 saturated carbocycles. The molecule has 0 amide bonds. The monoisotopic (exact) mass is 250 g/mol. The van der Waals surface area contributed by atoms with Gasteiger partial charge in [0.1, 0.15) is 0 Å². The van der Waals surface area contributed by atoms with Gasteiger partial charge in [-0.05, 0) is 17.5 Å². The van der Waals surface area contributed by atoms with Crippen molar-refractivity contribution >= 4 is 10.9 Å². The summed E-state index contributed by atoms with van der Waals surface area (Å²) < 4.78 is 28.5. The highest BCUT2D eigenvalue weighted by atomic mass is 19.3. The van der Waals surface area contributed by atoms with E-state index in [9.17, 15) is 8.78 Å². The highest BCUT2D eigenvalue weighted by Gasteiger charge is 2.57. The van der Waals surface area contributed by atoms with E-state index in [1.54, 1.807) is 0 Å². The summed E-state index contributed by atoms with van der Waals surface area (Å²) in [5, 5.41) is 1.08. The van der Waals surface area contributed by atoms with Crippen LogP contribution in [0.3, 0.4) is 0 Å². The minimum absolute atomic E-state index is 0.138. The Kier molecular flexibility index (Phi) is 2.29. The fourth-order valence-corrected chi connectivity index (χ4v) is 3.17. The third-order valence-electron chi connectivity index (χ3n) is 4.08. The summed E-state index contributed by atoms with van der Waals surface area (Å²) in [5.41, 5.74) is 7.20. The molecule has 0 radical (unpaired) electrons. The van der Waals surface area contributed by atoms with E-state index >= 15 is 0 Å². The predicted octanol–water partition coefficient (Wildman–Crippen LogP) is 2.80. The van der Waals surface area contributed by atoms with Crippen molar-refractivity contribution in [2.45, 2.75) is 24.2 Å². The van der Waals surface area contributed by atoms with Gasteiger partial charge in [0.05, 0.1) is 0 Å². The van der Waals surface area contributed by atoms with E-state index in [4.69, 9.17) is 5.73 Å². The van der Waals surface area contributed by atoms with Crippen LogP contribution in [-0.4, -0.2) is 17.0 Å². The Bertz CT molecular complexity index is 593. The fourth-order valence-electron chi connectivity index (χ4n) is 3.17. The Morgan fingerprint density at radius 2 is 1.94 bits per heavy atom. The van der Waals surface area contributed by atoms with Gasteiger partial charge in [0.25, 0.3) is 0 Å². The van der Waals surface area contributed by atoms with Gasteiger partial charge in [-0.3, -0.25) is 0 Å². The van der Waals surface area contributed by atoms with Gasteiger partial charge in [0.15, 0.2) is 0 Å². The quantitative estimate of drug-likeness (QED) is 0.873. The van der Waals surface area contributed by atoms with Crippen molar-refractivity contribution in [1.82, 2.24) is 4.57 Å². The van der Waals surface area contributed by atoms with Crippen LogP contribution >= 0.6 is 0 Å². The normalized spacial score (nSPS) is 20.9. The maximum Gasteiger partial charge on any atom is 0.250 e. The Labute approximate surface area is 104 Å². The van der Waals surface area contributed by atoms with E-state index in [1.807, 2.05) is 41.9 Å². The number of benzene rings is 1. The third kappa shape index (κ3) is 1.48. The van der Waals surface area contributed by atoms with E-state index in [1.165, 1.54) is 0 Å². The number of nitrogens with two attached hydrogens (primary N) is 1. The molecule has 0 unspecified atom stereocenters. The molecule has 1 heterocycles. The van der Waals surface area contributed by atoms with Crippen LogP contribution in [0, 0.1) is 0 Å². The first-order chi connectivity index (χ1) is 8.47. The van der Waals surface area contributed by atoms with Gasteiger partial charge in [-0.2, -0.15) is 0 Å². The van der Waals surface area contributed by atoms with Crippen LogP contribution in [0.25, 0.3) is 10.9 Å². The summed E-state index contributed by atoms with van der Waals surface area (Å²) >= 11 is 0. The molecule has 1 fully saturated rings. The number of fused-ring (bicyclic) bond motifs is 1. The van der Waals surface area contributed by atoms with Crippen molar-refractivity contribution in [3.8, 4) is 0 Å². The number of nitrogens with zero attached hydrogens (tertiary/aromatic N) is 1. The Balaban J connectivity index is 2.12. The van der Waals surface area contributed by atoms with Crippen molar-refractivity contribution in [1.29, 1.82) is 0 Å². The lowest BCUT2D eigenvalue weighted by atomic mass is 9.64. The zero-order valence-corrected chi connectivity index (χ0v) is 10.3. The van der Waals surface area contributed by atoms with Crippen LogP contribution in [0.15, 0.2) is 30.3 Å². The molecule has 0 bridgehead atoms. The number of aryl methyl sites for hydroxylation is 1. The molecular weight excluding hydrogens is 234 g/mol. The zero-order chi connectivity index (χ0) is 13.0. The molecule has 1 aliphatic carbocycles. The van der Waals surface area contributed by atoms with Crippen LogP contribution in [0.1, 0.15) is 18.5 Å². The summed E-state index contributed by atoms with van der Waals surface area (Å²) in [6.45, 7) is 0.271. The zero-order valence-electron chi connectivity index (χ0n) is 10.3. The lowest BCUT2D eigenvalue weighted by Gasteiger charge is -2.47. The lowest BCUT2D eigenvalue weighted by Crippen LogP contribution is -2.54. The largest absolute Gasteiger partial charge is 0.347 e. The molecule has 1 aliphatic rings. The second-order valence-electron chi connectivity index (χ2n) is 5.34. The Morgan fingerprint density at radius 3 is 2.50 bits per heavy atom. The number of aromatic nitrogens is 1. The van der Waals surface area contributed by atoms with E-state index in [0.717, 1.165) is 16.6 Å². The maximum absolute atomic E-state index is 13.2. The molecule has 2 N–H and O–H groups in total. The van der Waals surface area contributed by atoms with Crippen LogP contribution in [0.5, 0.6) is 0 Å². The SMILES string of the molecule is Cn1c(C2(CN)CC(F)(F)C2)cc2ccccc21. The number of alkyl halides is 2. The molecule has 18 heavy (non-hydrogen) atoms. The first-order valence-electron chi connectivity index (χ1n) is 6.10. The molecule has 2 aromatic rings. The summed E-state index contributed by atoms with van der Waals surface area (Å²) in [6.07, 6.45) is -0.276. The standard InChI is InChI=1S/C14H16F2N2/c1-18-11-5-3-2-4-10(11)6-12(18)13(9-17)7-14(15,16)8-13/h2-6H,7-9,17H2,1H3. The average Bonchev–Trinajstić information content (AvgIpc) is 2.64. The second-order valence-corrected chi connectivity index (χ2v) is 5.34. The fraction of sp³-hybridized carbons (Fsp3) is 0.429. The molecule has 0 aliphatic heterocycles. The Hall–Kier alpha value is -1.42. The molecule has 4 heteroatoms. The molecule has 0 saturated heterocycles. The number of halogens is 2. The smallest absolute Gasteiger partial charge is 0.250 e. The second kappa shape index (κ2) is 3.54. The molecule has 2 nitrogen and oxygen atoms in total. The van der Waals surface area contributed by atoms with Gasteiger partial charge in [-0.25, -0.2) is 8.78 Å². The molecular formula is C14H16F2N2. The van der Waals surface area contributed by atoms with Crippen molar-refractivity contribution in [2.24, 2.45) is 12.8 Å². The number of rotatable bonds is 2. The van der Waals surface area contributed by atoms with Crippen LogP contribution in [0.4, 0.5) is 8.78 Å². The molecule has 1 aromatic heterocycles. The summed E-state index contributed by atoms with van der Waals surface area (Å²) in [6, 6.07) is 9.91. The van der Waals surface area contributed by atoms with E-state index < -0.39 is 11.3 Å². The lowest BCUT2D eigenvalue weighted by molar-refractivity contribution is -0.125. The predicted molar refractivity (Wildman–Crippen MR) is 67.8 cm³/mol. The van der Waals surface area contributed by atoms with Gasteiger partial charge in [-0.15, -0.1) is 0 Å². The van der Waals surface area contributed by atoms with Gasteiger partial charge in [0.2, 0.25) is 5.92 Å². The van der Waals surface area contributed by atoms with Crippen molar-refractivity contribution in [2.75, 3.05) is 6.54 Å². The van der Waals surface area contributed by atoms with Crippen molar-refractivity contribution in [3.63, 3.8) is 0 Å². The molecule has 0 spiro atoms. The Morgan fingerprint density at radius 1 is 1.28 bits per heavy atom. The molecule has 1 aromatic carbocycles. The van der Waals surface area contributed by atoms with Gasteiger partial charge in [0, 0.05) is 43.1 Å². The van der Waals surface area contributed by atoms with Gasteiger partial charge in [-0.1, -0.05) is 18.2 Å². The first-order valence-corrected chi connectivity index (χ1v) is 6.10. The molecule has 0 atom stereocenters. The van der Waals surface area contributed by atoms with Crippen molar-refractivity contribution in [3.05, 3.63) is 36.0 Å². The molecule has 96 valence electrons. The van der Waals surface area contributed by atoms with Crippen LogP contribution in [-0.2, 0) is 12.5 Å². The average molecular weight is 250 g/mol. The van der Waals surface area contributed by atoms with E-state index in [-0.39, 0.29) is 19.4 Å².